The van der Waals surface area contributed by atoms with Crippen molar-refractivity contribution >= 4 is 5.91 Å². The molecule has 1 heterocycles. The Balaban J connectivity index is 1.87. The van der Waals surface area contributed by atoms with E-state index in [0.717, 1.165) is 18.9 Å². The number of hydrogen-bond donors (Lipinski definition) is 1. The Labute approximate surface area is 117 Å². The Bertz CT molecular complexity index is 473. The molecular weight excluding hydrogens is 264 g/mol. The quantitative estimate of drug-likeness (QED) is 0.922. The third kappa shape index (κ3) is 3.76. The van der Waals surface area contributed by atoms with Crippen LogP contribution in [0.1, 0.15) is 25.3 Å². The van der Waals surface area contributed by atoms with E-state index in [2.05, 4.69) is 5.32 Å². The van der Waals surface area contributed by atoms with Crippen molar-refractivity contribution in [2.75, 3.05) is 13.2 Å². The lowest BCUT2D eigenvalue weighted by Gasteiger charge is -2.27. The van der Waals surface area contributed by atoms with Crippen molar-refractivity contribution in [1.29, 1.82) is 0 Å². The molecule has 1 saturated heterocycles. The Hall–Kier alpha value is -1.49. The number of ether oxygens (including phenoxy) is 1. The molecule has 1 amide bonds. The van der Waals surface area contributed by atoms with E-state index in [4.69, 9.17) is 4.74 Å². The number of amides is 1. The van der Waals surface area contributed by atoms with Crippen LogP contribution in [0, 0.1) is 23.5 Å². The average Bonchev–Trinajstić information content (AvgIpc) is 2.46. The summed E-state index contributed by atoms with van der Waals surface area (Å²) < 4.78 is 31.5. The van der Waals surface area contributed by atoms with Gasteiger partial charge in [-0.3, -0.25) is 4.79 Å². The molecule has 1 unspecified atom stereocenters. The van der Waals surface area contributed by atoms with Crippen LogP contribution in [0.5, 0.6) is 0 Å². The fraction of sp³-hybridized carbons (Fsp3) is 0.533. The Kier molecular flexibility index (Phi) is 5.06. The molecule has 3 nitrogen and oxygen atoms in total. The van der Waals surface area contributed by atoms with Gasteiger partial charge in [0.15, 0.2) is 0 Å². The van der Waals surface area contributed by atoms with Crippen LogP contribution in [-0.4, -0.2) is 19.1 Å². The van der Waals surface area contributed by atoms with Gasteiger partial charge in [-0.15, -0.1) is 0 Å². The number of hydrogen-bond acceptors (Lipinski definition) is 2. The van der Waals surface area contributed by atoms with E-state index < -0.39 is 11.6 Å². The Morgan fingerprint density at radius 1 is 1.40 bits per heavy atom. The van der Waals surface area contributed by atoms with Crippen molar-refractivity contribution in [1.82, 2.24) is 5.32 Å². The topological polar surface area (TPSA) is 38.3 Å². The lowest BCUT2D eigenvalue weighted by atomic mass is 9.87. The molecule has 5 heteroatoms. The first-order valence-electron chi connectivity index (χ1n) is 6.87. The number of carbonyl (C=O) groups excluding carboxylic acids is 1. The molecule has 0 radical (unpaired) electrons. The molecule has 0 aromatic heterocycles. The summed E-state index contributed by atoms with van der Waals surface area (Å²) in [5.41, 5.74) is 0.291. The van der Waals surface area contributed by atoms with Crippen molar-refractivity contribution in [3.05, 3.63) is 35.4 Å². The van der Waals surface area contributed by atoms with Crippen molar-refractivity contribution in [2.24, 2.45) is 11.8 Å². The van der Waals surface area contributed by atoms with E-state index in [1.807, 2.05) is 6.92 Å². The molecule has 1 aromatic rings. The molecule has 1 N–H and O–H groups in total. The average molecular weight is 283 g/mol. The maximum Gasteiger partial charge on any atom is 0.223 e. The van der Waals surface area contributed by atoms with E-state index in [0.29, 0.717) is 24.7 Å². The lowest BCUT2D eigenvalue weighted by molar-refractivity contribution is -0.127. The zero-order valence-corrected chi connectivity index (χ0v) is 11.5. The molecule has 0 aliphatic carbocycles. The fourth-order valence-corrected chi connectivity index (χ4v) is 2.44. The number of rotatable bonds is 4. The SMILES string of the molecule is CC(C(=O)NCc1ccc(F)cc1F)C1CCOCC1. The maximum absolute atomic E-state index is 13.4. The molecule has 1 atom stereocenters. The monoisotopic (exact) mass is 283 g/mol. The molecule has 110 valence electrons. The van der Waals surface area contributed by atoms with E-state index in [1.165, 1.54) is 12.1 Å². The zero-order valence-electron chi connectivity index (χ0n) is 11.5. The fourth-order valence-electron chi connectivity index (χ4n) is 2.44. The van der Waals surface area contributed by atoms with Gasteiger partial charge in [0.05, 0.1) is 0 Å². The van der Waals surface area contributed by atoms with Gasteiger partial charge in [0, 0.05) is 37.3 Å². The highest BCUT2D eigenvalue weighted by Gasteiger charge is 2.25. The summed E-state index contributed by atoms with van der Waals surface area (Å²) in [6, 6.07) is 3.36. The first-order chi connectivity index (χ1) is 9.58. The molecule has 0 saturated carbocycles. The summed E-state index contributed by atoms with van der Waals surface area (Å²) in [6.07, 6.45) is 1.75. The summed E-state index contributed by atoms with van der Waals surface area (Å²) >= 11 is 0. The number of benzene rings is 1. The zero-order chi connectivity index (χ0) is 14.5. The number of halogens is 2. The van der Waals surface area contributed by atoms with Gasteiger partial charge >= 0.3 is 0 Å². The summed E-state index contributed by atoms with van der Waals surface area (Å²) in [5.74, 6) is -1.16. The molecule has 0 spiro atoms. The Morgan fingerprint density at radius 2 is 2.10 bits per heavy atom. The van der Waals surface area contributed by atoms with Gasteiger partial charge < -0.3 is 10.1 Å². The summed E-state index contributed by atoms with van der Waals surface area (Å²) in [6.45, 7) is 3.34. The second-order valence-corrected chi connectivity index (χ2v) is 5.19. The van der Waals surface area contributed by atoms with Crippen molar-refractivity contribution in [2.45, 2.75) is 26.3 Å². The third-order valence-corrected chi connectivity index (χ3v) is 3.85. The van der Waals surface area contributed by atoms with E-state index in [-0.39, 0.29) is 18.4 Å². The minimum absolute atomic E-state index is 0.0819. The van der Waals surface area contributed by atoms with Crippen LogP contribution in [-0.2, 0) is 16.1 Å². The Morgan fingerprint density at radius 3 is 2.75 bits per heavy atom. The van der Waals surface area contributed by atoms with Crippen LogP contribution in [0.2, 0.25) is 0 Å². The summed E-state index contributed by atoms with van der Waals surface area (Å²) in [5, 5.41) is 2.71. The second-order valence-electron chi connectivity index (χ2n) is 5.19. The highest BCUT2D eigenvalue weighted by molar-refractivity contribution is 5.78. The normalized spacial score (nSPS) is 17.8. The van der Waals surface area contributed by atoms with Gasteiger partial charge in [0.1, 0.15) is 11.6 Å². The van der Waals surface area contributed by atoms with Crippen LogP contribution >= 0.6 is 0 Å². The predicted molar refractivity (Wildman–Crippen MR) is 70.9 cm³/mol. The van der Waals surface area contributed by atoms with E-state index in [1.54, 1.807) is 0 Å². The van der Waals surface area contributed by atoms with Crippen molar-refractivity contribution < 1.29 is 18.3 Å². The van der Waals surface area contributed by atoms with Gasteiger partial charge in [0.25, 0.3) is 0 Å². The number of carbonyl (C=O) groups is 1. The highest BCUT2D eigenvalue weighted by atomic mass is 19.1. The summed E-state index contributed by atoms with van der Waals surface area (Å²) in [7, 11) is 0. The maximum atomic E-state index is 13.4. The van der Waals surface area contributed by atoms with Crippen LogP contribution < -0.4 is 5.32 Å². The first kappa shape index (κ1) is 14.9. The minimum Gasteiger partial charge on any atom is -0.381 e. The van der Waals surface area contributed by atoms with E-state index in [9.17, 15) is 13.6 Å². The van der Waals surface area contributed by atoms with Gasteiger partial charge in [0.2, 0.25) is 5.91 Å². The largest absolute Gasteiger partial charge is 0.381 e. The van der Waals surface area contributed by atoms with Crippen LogP contribution in [0.25, 0.3) is 0 Å². The van der Waals surface area contributed by atoms with Gasteiger partial charge in [-0.25, -0.2) is 8.78 Å². The molecule has 1 aliphatic heterocycles. The van der Waals surface area contributed by atoms with Crippen molar-refractivity contribution in [3.63, 3.8) is 0 Å². The smallest absolute Gasteiger partial charge is 0.223 e. The standard InChI is InChI=1S/C15H19F2NO2/c1-10(11-4-6-20-7-5-11)15(19)18-9-12-2-3-13(16)8-14(12)17/h2-3,8,10-11H,4-7,9H2,1H3,(H,18,19). The van der Waals surface area contributed by atoms with E-state index >= 15 is 0 Å². The summed E-state index contributed by atoms with van der Waals surface area (Å²) in [4.78, 5) is 12.0. The molecule has 1 aliphatic rings. The minimum atomic E-state index is -0.635. The van der Waals surface area contributed by atoms with Crippen molar-refractivity contribution in [3.8, 4) is 0 Å². The third-order valence-electron chi connectivity index (χ3n) is 3.85. The highest BCUT2D eigenvalue weighted by Crippen LogP contribution is 2.23. The lowest BCUT2D eigenvalue weighted by Crippen LogP contribution is -2.35. The van der Waals surface area contributed by atoms with Crippen LogP contribution in [0.3, 0.4) is 0 Å². The van der Waals surface area contributed by atoms with Crippen LogP contribution in [0.4, 0.5) is 8.78 Å². The molecule has 20 heavy (non-hydrogen) atoms. The molecule has 1 aromatic carbocycles. The number of nitrogens with one attached hydrogen (secondary N) is 1. The predicted octanol–water partition coefficient (Wildman–Crippen LogP) is 2.64. The van der Waals surface area contributed by atoms with Gasteiger partial charge in [-0.05, 0) is 24.8 Å². The molecular formula is C15H19F2NO2. The second kappa shape index (κ2) is 6.79. The molecule has 1 fully saturated rings. The first-order valence-corrected chi connectivity index (χ1v) is 6.87. The molecule has 0 bridgehead atoms. The van der Waals surface area contributed by atoms with Gasteiger partial charge in [-0.1, -0.05) is 13.0 Å². The molecule has 2 rings (SSSR count). The van der Waals surface area contributed by atoms with Gasteiger partial charge in [-0.2, -0.15) is 0 Å². The van der Waals surface area contributed by atoms with Crippen LogP contribution in [0.15, 0.2) is 18.2 Å².